The van der Waals surface area contributed by atoms with Gasteiger partial charge in [0.1, 0.15) is 5.75 Å². The summed E-state index contributed by atoms with van der Waals surface area (Å²) in [5.74, 6) is -7.34. The molecule has 1 aromatic rings. The highest BCUT2D eigenvalue weighted by atomic mass is 127. The molecule has 1 aromatic carbocycles. The standard InChI is InChI=1S/C13H13F2IO5/c1-7(2)10(13(14,15)11(17)18)21-12(19)20-9-5-3-8(16)4-6-9/h3-7,10H,1-2H3,(H,17,18). The van der Waals surface area contributed by atoms with Crippen molar-refractivity contribution >= 4 is 34.7 Å². The maximum atomic E-state index is 13.5. The van der Waals surface area contributed by atoms with Gasteiger partial charge in [-0.05, 0) is 52.8 Å². The summed E-state index contributed by atoms with van der Waals surface area (Å²) in [7, 11) is 0. The Morgan fingerprint density at radius 2 is 1.76 bits per heavy atom. The average Bonchev–Trinajstić information content (AvgIpc) is 2.38. The normalized spacial score (nSPS) is 12.9. The third-order valence-electron chi connectivity index (χ3n) is 2.49. The highest BCUT2D eigenvalue weighted by Gasteiger charge is 2.52. The molecule has 0 aliphatic carbocycles. The van der Waals surface area contributed by atoms with Gasteiger partial charge in [-0.3, -0.25) is 0 Å². The summed E-state index contributed by atoms with van der Waals surface area (Å²) in [5, 5.41) is 8.51. The molecule has 0 aromatic heterocycles. The second kappa shape index (κ2) is 7.01. The Morgan fingerprint density at radius 3 is 2.19 bits per heavy atom. The number of carbonyl (C=O) groups is 2. The second-order valence-corrected chi connectivity index (χ2v) is 5.76. The minimum atomic E-state index is -4.20. The van der Waals surface area contributed by atoms with Crippen molar-refractivity contribution in [1.29, 1.82) is 0 Å². The van der Waals surface area contributed by atoms with Crippen molar-refractivity contribution in [3.05, 3.63) is 27.8 Å². The first-order valence-corrected chi connectivity index (χ1v) is 6.97. The fourth-order valence-corrected chi connectivity index (χ4v) is 1.84. The van der Waals surface area contributed by atoms with Crippen LogP contribution in [0.5, 0.6) is 5.75 Å². The lowest BCUT2D eigenvalue weighted by Crippen LogP contribution is -2.47. The maximum Gasteiger partial charge on any atom is 0.514 e. The Kier molecular flexibility index (Phi) is 5.87. The maximum absolute atomic E-state index is 13.5. The van der Waals surface area contributed by atoms with Gasteiger partial charge in [0, 0.05) is 3.57 Å². The first kappa shape index (κ1) is 17.6. The molecule has 0 saturated carbocycles. The quantitative estimate of drug-likeness (QED) is 0.454. The SMILES string of the molecule is CC(C)C(OC(=O)Oc1ccc(I)cc1)C(F)(F)C(=O)O. The summed E-state index contributed by atoms with van der Waals surface area (Å²) in [6.07, 6.45) is -3.50. The van der Waals surface area contributed by atoms with Gasteiger partial charge in [-0.25, -0.2) is 9.59 Å². The zero-order valence-electron chi connectivity index (χ0n) is 11.2. The highest BCUT2D eigenvalue weighted by molar-refractivity contribution is 14.1. The first-order chi connectivity index (χ1) is 9.64. The molecular formula is C13H13F2IO5. The number of aliphatic carboxylic acids is 1. The van der Waals surface area contributed by atoms with Crippen LogP contribution in [0.2, 0.25) is 0 Å². The number of halogens is 3. The largest absolute Gasteiger partial charge is 0.514 e. The fourth-order valence-electron chi connectivity index (χ4n) is 1.48. The molecule has 116 valence electrons. The smallest absolute Gasteiger partial charge is 0.477 e. The molecule has 0 aliphatic heterocycles. The van der Waals surface area contributed by atoms with E-state index in [2.05, 4.69) is 4.74 Å². The molecule has 0 saturated heterocycles. The van der Waals surface area contributed by atoms with Gasteiger partial charge in [-0.15, -0.1) is 0 Å². The molecule has 0 fully saturated rings. The van der Waals surface area contributed by atoms with E-state index in [9.17, 15) is 18.4 Å². The van der Waals surface area contributed by atoms with Gasteiger partial charge in [0.15, 0.2) is 6.10 Å². The molecule has 1 atom stereocenters. The number of alkyl halides is 2. The molecule has 21 heavy (non-hydrogen) atoms. The van der Waals surface area contributed by atoms with Gasteiger partial charge in [0.05, 0.1) is 0 Å². The third kappa shape index (κ3) is 4.80. The molecule has 1 unspecified atom stereocenters. The summed E-state index contributed by atoms with van der Waals surface area (Å²) >= 11 is 2.04. The molecule has 0 spiro atoms. The summed E-state index contributed by atoms with van der Waals surface area (Å²) in [5.41, 5.74) is 0. The van der Waals surface area contributed by atoms with E-state index >= 15 is 0 Å². The van der Waals surface area contributed by atoms with E-state index in [0.717, 1.165) is 3.57 Å². The van der Waals surface area contributed by atoms with Crippen molar-refractivity contribution in [2.75, 3.05) is 0 Å². The summed E-state index contributed by atoms with van der Waals surface area (Å²) < 4.78 is 37.1. The Balaban J connectivity index is 2.78. The van der Waals surface area contributed by atoms with Gasteiger partial charge in [0.25, 0.3) is 0 Å². The fraction of sp³-hybridized carbons (Fsp3) is 0.385. The summed E-state index contributed by atoms with van der Waals surface area (Å²) in [6, 6.07) is 6.22. The van der Waals surface area contributed by atoms with E-state index in [0.29, 0.717) is 0 Å². The van der Waals surface area contributed by atoms with Crippen molar-refractivity contribution in [1.82, 2.24) is 0 Å². The van der Waals surface area contributed by atoms with E-state index in [1.165, 1.54) is 26.0 Å². The van der Waals surface area contributed by atoms with E-state index in [4.69, 9.17) is 9.84 Å². The third-order valence-corrected chi connectivity index (χ3v) is 3.21. The van der Waals surface area contributed by atoms with Crippen LogP contribution in [-0.4, -0.2) is 29.3 Å². The van der Waals surface area contributed by atoms with Crippen LogP contribution in [-0.2, 0) is 9.53 Å². The lowest BCUT2D eigenvalue weighted by molar-refractivity contribution is -0.188. The van der Waals surface area contributed by atoms with E-state index in [1.54, 1.807) is 12.1 Å². The first-order valence-electron chi connectivity index (χ1n) is 5.89. The Labute approximate surface area is 133 Å². The van der Waals surface area contributed by atoms with E-state index in [-0.39, 0.29) is 5.75 Å². The molecular weight excluding hydrogens is 401 g/mol. The Bertz CT molecular complexity index is 516. The predicted molar refractivity (Wildman–Crippen MR) is 77.5 cm³/mol. The van der Waals surface area contributed by atoms with Crippen LogP contribution in [0.1, 0.15) is 13.8 Å². The molecule has 1 N–H and O–H groups in total. The second-order valence-electron chi connectivity index (χ2n) is 4.52. The number of ether oxygens (including phenoxy) is 2. The van der Waals surface area contributed by atoms with Crippen LogP contribution >= 0.6 is 22.6 Å². The van der Waals surface area contributed by atoms with Crippen molar-refractivity contribution < 1.29 is 33.0 Å². The molecule has 8 heteroatoms. The van der Waals surface area contributed by atoms with Crippen molar-refractivity contribution in [2.45, 2.75) is 25.9 Å². The van der Waals surface area contributed by atoms with Gasteiger partial charge in [-0.1, -0.05) is 13.8 Å². The van der Waals surface area contributed by atoms with Crippen LogP contribution in [0.15, 0.2) is 24.3 Å². The van der Waals surface area contributed by atoms with Gasteiger partial charge in [0.2, 0.25) is 0 Å². The average molecular weight is 414 g/mol. The van der Waals surface area contributed by atoms with Crippen LogP contribution in [0.4, 0.5) is 13.6 Å². The molecule has 0 bridgehead atoms. The monoisotopic (exact) mass is 414 g/mol. The predicted octanol–water partition coefficient (Wildman–Crippen LogP) is 3.55. The number of carboxylic acids is 1. The number of benzene rings is 1. The molecule has 0 aliphatic rings. The molecule has 0 heterocycles. The zero-order valence-corrected chi connectivity index (χ0v) is 13.3. The molecule has 1 rings (SSSR count). The molecule has 0 radical (unpaired) electrons. The highest BCUT2D eigenvalue weighted by Crippen LogP contribution is 2.28. The summed E-state index contributed by atoms with van der Waals surface area (Å²) in [4.78, 5) is 22.1. The van der Waals surface area contributed by atoms with Crippen LogP contribution in [0.25, 0.3) is 0 Å². The lowest BCUT2D eigenvalue weighted by Gasteiger charge is -2.25. The van der Waals surface area contributed by atoms with Crippen molar-refractivity contribution in [3.8, 4) is 5.75 Å². The van der Waals surface area contributed by atoms with Crippen molar-refractivity contribution in [2.24, 2.45) is 5.92 Å². The van der Waals surface area contributed by atoms with Crippen LogP contribution < -0.4 is 4.74 Å². The Morgan fingerprint density at radius 1 is 1.24 bits per heavy atom. The minimum Gasteiger partial charge on any atom is -0.477 e. The van der Waals surface area contributed by atoms with Gasteiger partial charge >= 0.3 is 18.0 Å². The molecule has 0 amide bonds. The van der Waals surface area contributed by atoms with Gasteiger partial charge in [-0.2, -0.15) is 8.78 Å². The van der Waals surface area contributed by atoms with E-state index in [1.807, 2.05) is 22.6 Å². The van der Waals surface area contributed by atoms with Crippen molar-refractivity contribution in [3.63, 3.8) is 0 Å². The number of hydrogen-bond donors (Lipinski definition) is 1. The number of carboxylic acid groups (broad SMARTS) is 1. The minimum absolute atomic E-state index is 0.113. The topological polar surface area (TPSA) is 72.8 Å². The number of carbonyl (C=O) groups excluding carboxylic acids is 1. The van der Waals surface area contributed by atoms with E-state index < -0.39 is 30.1 Å². The lowest BCUT2D eigenvalue weighted by atomic mass is 10.0. The number of rotatable bonds is 5. The summed E-state index contributed by atoms with van der Waals surface area (Å²) in [6.45, 7) is 2.64. The van der Waals surface area contributed by atoms with Crippen LogP contribution in [0, 0.1) is 9.49 Å². The number of hydrogen-bond acceptors (Lipinski definition) is 4. The molecule has 5 nitrogen and oxygen atoms in total. The van der Waals surface area contributed by atoms with Gasteiger partial charge < -0.3 is 14.6 Å². The Hall–Kier alpha value is -1.45. The zero-order chi connectivity index (χ0) is 16.2. The van der Waals surface area contributed by atoms with Crippen LogP contribution in [0.3, 0.4) is 0 Å².